The fourth-order valence-electron chi connectivity index (χ4n) is 2.68. The van der Waals surface area contributed by atoms with Crippen LogP contribution >= 0.6 is 11.6 Å². The van der Waals surface area contributed by atoms with Crippen molar-refractivity contribution < 1.29 is 0 Å². The lowest BCUT2D eigenvalue weighted by Gasteiger charge is -2.09. The van der Waals surface area contributed by atoms with Crippen LogP contribution in [0, 0.1) is 6.92 Å². The molecular formula is C23H19ClN6. The van der Waals surface area contributed by atoms with Crippen LogP contribution in [0.4, 0.5) is 17.6 Å². The van der Waals surface area contributed by atoms with Crippen molar-refractivity contribution in [2.75, 3.05) is 10.7 Å². The fraction of sp³-hybridized carbons (Fsp3) is 0.0435. The molecule has 0 saturated carbocycles. The van der Waals surface area contributed by atoms with Crippen molar-refractivity contribution >= 4 is 35.4 Å². The van der Waals surface area contributed by atoms with Crippen LogP contribution in [0.1, 0.15) is 11.1 Å². The van der Waals surface area contributed by atoms with Crippen molar-refractivity contribution in [2.45, 2.75) is 6.92 Å². The number of rotatable bonds is 6. The van der Waals surface area contributed by atoms with Gasteiger partial charge in [-0.2, -0.15) is 20.1 Å². The lowest BCUT2D eigenvalue weighted by molar-refractivity contribution is 1.04. The van der Waals surface area contributed by atoms with Crippen molar-refractivity contribution in [3.63, 3.8) is 0 Å². The van der Waals surface area contributed by atoms with Crippen molar-refractivity contribution in [1.82, 2.24) is 15.0 Å². The van der Waals surface area contributed by atoms with Gasteiger partial charge in [0, 0.05) is 16.3 Å². The third kappa shape index (κ3) is 5.18. The van der Waals surface area contributed by atoms with Crippen LogP contribution < -0.4 is 10.7 Å². The van der Waals surface area contributed by atoms with Gasteiger partial charge in [0.05, 0.1) is 6.21 Å². The topological polar surface area (TPSA) is 75.1 Å². The van der Waals surface area contributed by atoms with E-state index in [9.17, 15) is 0 Å². The number of aromatic nitrogens is 3. The zero-order valence-corrected chi connectivity index (χ0v) is 17.0. The maximum Gasteiger partial charge on any atom is 0.248 e. The molecule has 148 valence electrons. The summed E-state index contributed by atoms with van der Waals surface area (Å²) in [5.74, 6) is 1.28. The minimum absolute atomic E-state index is 0.337. The molecule has 30 heavy (non-hydrogen) atoms. The van der Waals surface area contributed by atoms with Gasteiger partial charge in [-0.25, -0.2) is 5.43 Å². The summed E-state index contributed by atoms with van der Waals surface area (Å²) in [7, 11) is 0. The summed E-state index contributed by atoms with van der Waals surface area (Å²) >= 11 is 5.97. The molecule has 0 amide bonds. The number of aryl methyl sites for hydroxylation is 1. The van der Waals surface area contributed by atoms with E-state index in [1.54, 1.807) is 18.3 Å². The molecule has 1 heterocycles. The molecule has 1 aromatic heterocycles. The third-order valence-corrected chi connectivity index (χ3v) is 4.48. The van der Waals surface area contributed by atoms with E-state index in [4.69, 9.17) is 11.6 Å². The van der Waals surface area contributed by atoms with E-state index in [1.807, 2.05) is 73.7 Å². The number of hydrogen-bond acceptors (Lipinski definition) is 6. The first-order chi connectivity index (χ1) is 14.7. The zero-order chi connectivity index (χ0) is 20.8. The molecule has 0 unspecified atom stereocenters. The van der Waals surface area contributed by atoms with E-state index in [0.717, 1.165) is 16.8 Å². The van der Waals surface area contributed by atoms with Gasteiger partial charge in [0.1, 0.15) is 0 Å². The first-order valence-electron chi connectivity index (χ1n) is 9.35. The number of hydrazone groups is 1. The summed E-state index contributed by atoms with van der Waals surface area (Å²) in [6.07, 6.45) is 1.72. The third-order valence-electron chi connectivity index (χ3n) is 4.22. The molecule has 0 spiro atoms. The Morgan fingerprint density at radius 3 is 2.23 bits per heavy atom. The molecule has 0 radical (unpaired) electrons. The summed E-state index contributed by atoms with van der Waals surface area (Å²) in [4.78, 5) is 13.5. The lowest BCUT2D eigenvalue weighted by atomic mass is 10.2. The smallest absolute Gasteiger partial charge is 0.248 e. The van der Waals surface area contributed by atoms with Gasteiger partial charge in [-0.15, -0.1) is 0 Å². The van der Waals surface area contributed by atoms with Crippen LogP contribution in [-0.2, 0) is 0 Å². The van der Waals surface area contributed by atoms with E-state index in [-0.39, 0.29) is 0 Å². The normalized spacial score (nSPS) is 10.9. The molecule has 0 aliphatic carbocycles. The number of nitrogens with zero attached hydrogens (tertiary/aromatic N) is 4. The molecule has 0 saturated heterocycles. The van der Waals surface area contributed by atoms with E-state index < -0.39 is 0 Å². The largest absolute Gasteiger partial charge is 0.324 e. The summed E-state index contributed by atoms with van der Waals surface area (Å²) in [5.41, 5.74) is 6.77. The maximum absolute atomic E-state index is 5.97. The lowest BCUT2D eigenvalue weighted by Crippen LogP contribution is -2.05. The molecule has 0 bridgehead atoms. The monoisotopic (exact) mass is 414 g/mol. The molecular weight excluding hydrogens is 396 g/mol. The molecule has 0 aliphatic heterocycles. The quantitative estimate of drug-likeness (QED) is 0.313. The zero-order valence-electron chi connectivity index (χ0n) is 16.2. The average Bonchev–Trinajstić information content (AvgIpc) is 2.77. The van der Waals surface area contributed by atoms with Gasteiger partial charge in [-0.05, 0) is 36.8 Å². The van der Waals surface area contributed by atoms with Crippen molar-refractivity contribution in [3.05, 3.63) is 95.0 Å². The number of anilines is 3. The van der Waals surface area contributed by atoms with Crippen LogP contribution in [0.15, 0.2) is 84.0 Å². The SMILES string of the molecule is Cc1ccc(C=NNc2nc(Nc3ccc(Cl)cc3)nc(-c3ccccc3)n2)cc1. The van der Waals surface area contributed by atoms with Crippen LogP contribution in [0.5, 0.6) is 0 Å². The number of benzene rings is 3. The van der Waals surface area contributed by atoms with E-state index in [2.05, 4.69) is 30.8 Å². The molecule has 3 aromatic carbocycles. The standard InChI is InChI=1S/C23H19ClN6/c1-16-7-9-17(10-8-16)15-25-30-23-28-21(18-5-3-2-4-6-18)27-22(29-23)26-20-13-11-19(24)12-14-20/h2-15H,1H3,(H2,26,27,28,29,30). The van der Waals surface area contributed by atoms with Crippen molar-refractivity contribution in [2.24, 2.45) is 5.10 Å². The second-order valence-electron chi connectivity index (χ2n) is 6.58. The Labute approximate surface area is 179 Å². The van der Waals surface area contributed by atoms with Gasteiger partial charge in [0.15, 0.2) is 5.82 Å². The van der Waals surface area contributed by atoms with Gasteiger partial charge in [0.2, 0.25) is 11.9 Å². The summed E-state index contributed by atoms with van der Waals surface area (Å²) in [6.45, 7) is 2.05. The molecule has 0 fully saturated rings. The fourth-order valence-corrected chi connectivity index (χ4v) is 2.80. The number of nitrogens with one attached hydrogen (secondary N) is 2. The second-order valence-corrected chi connectivity index (χ2v) is 7.02. The molecule has 4 aromatic rings. The van der Waals surface area contributed by atoms with Crippen LogP contribution in [-0.4, -0.2) is 21.2 Å². The van der Waals surface area contributed by atoms with E-state index in [0.29, 0.717) is 22.7 Å². The maximum atomic E-state index is 5.97. The first kappa shape index (κ1) is 19.5. The predicted molar refractivity (Wildman–Crippen MR) is 122 cm³/mol. The number of hydrogen-bond donors (Lipinski definition) is 2. The molecule has 6 nitrogen and oxygen atoms in total. The highest BCUT2D eigenvalue weighted by Gasteiger charge is 2.09. The van der Waals surface area contributed by atoms with Gasteiger partial charge < -0.3 is 5.32 Å². The molecule has 2 N–H and O–H groups in total. The van der Waals surface area contributed by atoms with Crippen LogP contribution in [0.3, 0.4) is 0 Å². The minimum atomic E-state index is 0.337. The van der Waals surface area contributed by atoms with E-state index in [1.165, 1.54) is 5.56 Å². The Kier molecular flexibility index (Phi) is 5.96. The summed E-state index contributed by atoms with van der Waals surface area (Å²) in [5, 5.41) is 8.11. The average molecular weight is 415 g/mol. The van der Waals surface area contributed by atoms with Gasteiger partial charge in [0.25, 0.3) is 0 Å². The second kappa shape index (κ2) is 9.15. The molecule has 0 atom stereocenters. The van der Waals surface area contributed by atoms with Gasteiger partial charge in [-0.3, -0.25) is 0 Å². The Morgan fingerprint density at radius 2 is 1.50 bits per heavy atom. The molecule has 0 aliphatic rings. The highest BCUT2D eigenvalue weighted by atomic mass is 35.5. The predicted octanol–water partition coefficient (Wildman–Crippen LogP) is 5.69. The van der Waals surface area contributed by atoms with Gasteiger partial charge in [-0.1, -0.05) is 71.8 Å². The summed E-state index contributed by atoms with van der Waals surface area (Å²) in [6, 6.07) is 25.1. The van der Waals surface area contributed by atoms with Crippen molar-refractivity contribution in [1.29, 1.82) is 0 Å². The highest BCUT2D eigenvalue weighted by molar-refractivity contribution is 6.30. The number of halogens is 1. The van der Waals surface area contributed by atoms with Gasteiger partial charge >= 0.3 is 0 Å². The van der Waals surface area contributed by atoms with Crippen LogP contribution in [0.25, 0.3) is 11.4 Å². The highest BCUT2D eigenvalue weighted by Crippen LogP contribution is 2.21. The Morgan fingerprint density at radius 1 is 0.800 bits per heavy atom. The minimum Gasteiger partial charge on any atom is -0.324 e. The van der Waals surface area contributed by atoms with Crippen LogP contribution in [0.2, 0.25) is 5.02 Å². The Balaban J connectivity index is 1.61. The Hall–Kier alpha value is -3.77. The van der Waals surface area contributed by atoms with Crippen molar-refractivity contribution in [3.8, 4) is 11.4 Å². The first-order valence-corrected chi connectivity index (χ1v) is 9.73. The van der Waals surface area contributed by atoms with E-state index >= 15 is 0 Å². The Bertz CT molecular complexity index is 1140. The summed E-state index contributed by atoms with van der Waals surface area (Å²) < 4.78 is 0. The molecule has 4 rings (SSSR count). The molecule has 7 heteroatoms.